The fourth-order valence-electron chi connectivity index (χ4n) is 1.66. The molecule has 1 atom stereocenters. The normalized spacial score (nSPS) is 11.9. The van der Waals surface area contributed by atoms with Crippen LogP contribution in [0.4, 0.5) is 0 Å². The van der Waals surface area contributed by atoms with Gasteiger partial charge in [0.1, 0.15) is 5.75 Å². The van der Waals surface area contributed by atoms with Gasteiger partial charge in [-0.25, -0.2) is 0 Å². The lowest BCUT2D eigenvalue weighted by molar-refractivity contribution is 0.0975. The number of carbonyl (C=O) groups is 1. The maximum absolute atomic E-state index is 12.1. The van der Waals surface area contributed by atoms with Gasteiger partial charge in [-0.2, -0.15) is 0 Å². The van der Waals surface area contributed by atoms with Gasteiger partial charge in [0.05, 0.1) is 19.3 Å². The van der Waals surface area contributed by atoms with E-state index in [1.807, 2.05) is 13.0 Å². The Bertz CT molecular complexity index is 502. The molecule has 0 heterocycles. The largest absolute Gasteiger partial charge is 0.493 e. The molecule has 5 nitrogen and oxygen atoms in total. The summed E-state index contributed by atoms with van der Waals surface area (Å²) in [7, 11) is 0. The first-order chi connectivity index (χ1) is 10.5. The number of carbonyl (C=O) groups excluding carboxylic acids is 1. The summed E-state index contributed by atoms with van der Waals surface area (Å²) in [5, 5.41) is 14.8. The molecule has 0 bridgehead atoms. The average molecular weight is 324 g/mol. The monoisotopic (exact) mass is 324 g/mol. The first-order valence-corrected chi connectivity index (χ1v) is 7.82. The Hall–Kier alpha value is -1.66. The molecule has 0 fully saturated rings. The van der Waals surface area contributed by atoms with Crippen molar-refractivity contribution in [3.05, 3.63) is 29.8 Å². The van der Waals surface area contributed by atoms with Crippen molar-refractivity contribution in [3.8, 4) is 5.75 Å². The van der Waals surface area contributed by atoms with Gasteiger partial charge in [-0.3, -0.25) is 10.1 Å². The maximum Gasteiger partial charge on any atom is 0.257 e. The van der Waals surface area contributed by atoms with Crippen molar-refractivity contribution in [1.82, 2.24) is 10.6 Å². The van der Waals surface area contributed by atoms with Crippen LogP contribution in [0.15, 0.2) is 24.3 Å². The lowest BCUT2D eigenvalue weighted by Gasteiger charge is -2.16. The van der Waals surface area contributed by atoms with Gasteiger partial charge in [0, 0.05) is 5.56 Å². The Balaban J connectivity index is 2.61. The molecule has 22 heavy (non-hydrogen) atoms. The van der Waals surface area contributed by atoms with Gasteiger partial charge in [0.15, 0.2) is 5.11 Å². The summed E-state index contributed by atoms with van der Waals surface area (Å²) in [6, 6.07) is 6.80. The van der Waals surface area contributed by atoms with Crippen LogP contribution in [0.1, 0.15) is 37.6 Å². The van der Waals surface area contributed by atoms with E-state index < -0.39 is 0 Å². The van der Waals surface area contributed by atoms with E-state index >= 15 is 0 Å². The summed E-state index contributed by atoms with van der Waals surface area (Å²) in [5.74, 6) is 0.765. The quantitative estimate of drug-likeness (QED) is 0.670. The second-order valence-electron chi connectivity index (χ2n) is 5.45. The Morgan fingerprint density at radius 2 is 2.14 bits per heavy atom. The van der Waals surface area contributed by atoms with E-state index in [1.54, 1.807) is 18.2 Å². The molecule has 0 aliphatic heterocycles. The Labute approximate surface area is 137 Å². The van der Waals surface area contributed by atoms with Crippen molar-refractivity contribution in [3.63, 3.8) is 0 Å². The molecule has 1 rings (SSSR count). The van der Waals surface area contributed by atoms with E-state index in [-0.39, 0.29) is 23.7 Å². The molecule has 6 heteroatoms. The fraction of sp³-hybridized carbons (Fsp3) is 0.500. The van der Waals surface area contributed by atoms with Crippen molar-refractivity contribution in [1.29, 1.82) is 0 Å². The predicted molar refractivity (Wildman–Crippen MR) is 91.1 cm³/mol. The molecule has 1 unspecified atom stereocenters. The molecule has 0 saturated carbocycles. The summed E-state index contributed by atoms with van der Waals surface area (Å²) in [4.78, 5) is 12.1. The number of nitrogens with one attached hydrogen (secondary N) is 2. The number of hydrogen-bond donors (Lipinski definition) is 3. The van der Waals surface area contributed by atoms with Crippen LogP contribution in [0.5, 0.6) is 5.75 Å². The molecule has 0 aliphatic carbocycles. The van der Waals surface area contributed by atoms with Crippen LogP contribution in [0, 0.1) is 5.92 Å². The van der Waals surface area contributed by atoms with Crippen LogP contribution in [0.2, 0.25) is 0 Å². The Morgan fingerprint density at radius 1 is 1.41 bits per heavy atom. The summed E-state index contributed by atoms with van der Waals surface area (Å²) >= 11 is 5.07. The van der Waals surface area contributed by atoms with E-state index in [0.717, 1.165) is 0 Å². The van der Waals surface area contributed by atoms with Crippen LogP contribution in [-0.4, -0.2) is 35.4 Å². The van der Waals surface area contributed by atoms with E-state index in [2.05, 4.69) is 24.5 Å². The lowest BCUT2D eigenvalue weighted by Crippen LogP contribution is -2.45. The van der Waals surface area contributed by atoms with Crippen LogP contribution in [0.3, 0.4) is 0 Å². The minimum Gasteiger partial charge on any atom is -0.493 e. The van der Waals surface area contributed by atoms with Gasteiger partial charge in [-0.15, -0.1) is 0 Å². The van der Waals surface area contributed by atoms with Crippen molar-refractivity contribution in [2.75, 3.05) is 13.2 Å². The zero-order chi connectivity index (χ0) is 16.5. The van der Waals surface area contributed by atoms with E-state index in [9.17, 15) is 4.79 Å². The number of aliphatic hydroxyl groups is 1. The summed E-state index contributed by atoms with van der Waals surface area (Å²) in [6.07, 6.45) is 0.713. The highest BCUT2D eigenvalue weighted by molar-refractivity contribution is 7.80. The molecule has 122 valence electrons. The van der Waals surface area contributed by atoms with Gasteiger partial charge in [0.2, 0.25) is 0 Å². The molecule has 0 aromatic heterocycles. The smallest absolute Gasteiger partial charge is 0.257 e. The van der Waals surface area contributed by atoms with Gasteiger partial charge < -0.3 is 15.2 Å². The van der Waals surface area contributed by atoms with Crippen LogP contribution >= 0.6 is 12.2 Å². The minimum atomic E-state index is -0.305. The molecule has 0 spiro atoms. The van der Waals surface area contributed by atoms with Gasteiger partial charge in [-0.1, -0.05) is 26.8 Å². The van der Waals surface area contributed by atoms with E-state index in [0.29, 0.717) is 30.3 Å². The molecular formula is C16H24N2O3S. The number of thiocarbonyl (C=S) groups is 1. The maximum atomic E-state index is 12.1. The van der Waals surface area contributed by atoms with Crippen LogP contribution < -0.4 is 15.4 Å². The number of amides is 1. The number of rotatable bonds is 7. The molecule has 1 aromatic carbocycles. The zero-order valence-electron chi connectivity index (χ0n) is 13.3. The molecule has 0 aliphatic rings. The van der Waals surface area contributed by atoms with Crippen molar-refractivity contribution >= 4 is 23.2 Å². The lowest BCUT2D eigenvalue weighted by atomic mass is 10.2. The van der Waals surface area contributed by atoms with Crippen LogP contribution in [0.25, 0.3) is 0 Å². The Kier molecular flexibility index (Phi) is 7.84. The van der Waals surface area contributed by atoms with Crippen molar-refractivity contribution in [2.24, 2.45) is 5.92 Å². The van der Waals surface area contributed by atoms with Crippen molar-refractivity contribution in [2.45, 2.75) is 33.2 Å². The van der Waals surface area contributed by atoms with Crippen molar-refractivity contribution < 1.29 is 14.6 Å². The minimum absolute atomic E-state index is 0.0367. The standard InChI is InChI=1S/C16H24N2O3S/c1-4-13(9-19)17-16(22)18-15(20)12-6-5-7-14(8-12)21-10-11(2)3/h5-8,11,13,19H,4,9-10H2,1-3H3,(H2,17,18,20,22). The third kappa shape index (κ3) is 6.41. The predicted octanol–water partition coefficient (Wildman–Crippen LogP) is 2.10. The van der Waals surface area contributed by atoms with Gasteiger partial charge >= 0.3 is 0 Å². The van der Waals surface area contributed by atoms with Gasteiger partial charge in [-0.05, 0) is 42.8 Å². The summed E-state index contributed by atoms with van der Waals surface area (Å²) in [5.41, 5.74) is 0.474. The molecule has 1 amide bonds. The SMILES string of the molecule is CCC(CO)NC(=S)NC(=O)c1cccc(OCC(C)C)c1. The highest BCUT2D eigenvalue weighted by Crippen LogP contribution is 2.14. The number of aliphatic hydroxyl groups excluding tert-OH is 1. The highest BCUT2D eigenvalue weighted by atomic mass is 32.1. The number of ether oxygens (including phenoxy) is 1. The van der Waals surface area contributed by atoms with E-state index in [4.69, 9.17) is 22.1 Å². The highest BCUT2D eigenvalue weighted by Gasteiger charge is 2.11. The molecular weight excluding hydrogens is 300 g/mol. The third-order valence-corrected chi connectivity index (χ3v) is 3.17. The van der Waals surface area contributed by atoms with E-state index in [1.165, 1.54) is 0 Å². The second-order valence-corrected chi connectivity index (χ2v) is 5.86. The molecule has 1 aromatic rings. The topological polar surface area (TPSA) is 70.6 Å². The first-order valence-electron chi connectivity index (χ1n) is 7.41. The third-order valence-electron chi connectivity index (χ3n) is 2.96. The zero-order valence-corrected chi connectivity index (χ0v) is 14.1. The van der Waals surface area contributed by atoms with Crippen LogP contribution in [-0.2, 0) is 0 Å². The molecule has 0 saturated heterocycles. The molecule has 0 radical (unpaired) electrons. The Morgan fingerprint density at radius 3 is 2.73 bits per heavy atom. The molecule has 3 N–H and O–H groups in total. The first kappa shape index (κ1) is 18.4. The summed E-state index contributed by atoms with van der Waals surface area (Å²) < 4.78 is 5.60. The fourth-order valence-corrected chi connectivity index (χ4v) is 1.92. The average Bonchev–Trinajstić information content (AvgIpc) is 2.50. The summed E-state index contributed by atoms with van der Waals surface area (Å²) in [6.45, 7) is 6.61. The second kappa shape index (κ2) is 9.38. The number of hydrogen-bond acceptors (Lipinski definition) is 4. The van der Waals surface area contributed by atoms with Gasteiger partial charge in [0.25, 0.3) is 5.91 Å². The number of benzene rings is 1.